The van der Waals surface area contributed by atoms with Gasteiger partial charge in [0.15, 0.2) is 17.5 Å². The summed E-state index contributed by atoms with van der Waals surface area (Å²) in [5.74, 6) is 3.63. The molecule has 12 rings (SSSR count). The quantitative estimate of drug-likeness (QED) is 0.186. The van der Waals surface area contributed by atoms with Crippen molar-refractivity contribution in [2.24, 2.45) is 21.1 Å². The summed E-state index contributed by atoms with van der Waals surface area (Å²) in [5.41, 5.74) is 10.2. The van der Waals surface area contributed by atoms with Crippen molar-refractivity contribution in [1.82, 2.24) is 105 Å². The van der Waals surface area contributed by atoms with Gasteiger partial charge in [0, 0.05) is 41.9 Å². The number of rotatable bonds is 6. The van der Waals surface area contributed by atoms with Crippen LogP contribution in [0.25, 0.3) is 102 Å². The first-order chi connectivity index (χ1) is 35.2. The molecule has 24 nitrogen and oxygen atoms in total. The molecule has 12 aromatic rings. The average molecular weight is 1090 g/mol. The number of para-hydroxylation sites is 6. The molecule has 0 amide bonds. The molecule has 0 aliphatic carbocycles. The SMILES string of the molecule is CC#N.CC#N.CC#N.Cn1c(-c2cccc(-c3nn[n-]n3)n2)nc2ccccc21.Cn1c(-c2cccc(-c3nnn[n-]3)n2)nc2ccccc21.Cn1c(-c2cccc(-c3nnn[n-]3)n2)nc2ccccc21.[La+3]. The van der Waals surface area contributed by atoms with E-state index in [-0.39, 0.29) is 35.6 Å². The van der Waals surface area contributed by atoms with Gasteiger partial charge < -0.3 is 29.0 Å². The second-order valence-corrected chi connectivity index (χ2v) is 14.5. The summed E-state index contributed by atoms with van der Waals surface area (Å²) in [5, 5.41) is 65.8. The maximum Gasteiger partial charge on any atom is 3.00 e. The van der Waals surface area contributed by atoms with Crippen LogP contribution in [0.4, 0.5) is 0 Å². The van der Waals surface area contributed by atoms with Crippen molar-refractivity contribution in [3.8, 4) is 87.3 Å². The van der Waals surface area contributed by atoms with Crippen molar-refractivity contribution in [2.45, 2.75) is 20.8 Å². The van der Waals surface area contributed by atoms with E-state index in [0.717, 1.165) is 67.7 Å². The molecule has 25 heteroatoms. The number of hydrogen-bond donors (Lipinski definition) is 0. The first kappa shape index (κ1) is 52.8. The van der Waals surface area contributed by atoms with E-state index in [2.05, 4.69) is 91.8 Å². The van der Waals surface area contributed by atoms with Gasteiger partial charge in [-0.1, -0.05) is 54.6 Å². The largest absolute Gasteiger partial charge is 3.00 e. The van der Waals surface area contributed by atoms with Crippen LogP contribution in [-0.2, 0) is 21.1 Å². The Bertz CT molecular complexity index is 3390. The Morgan fingerprint density at radius 2 is 0.726 bits per heavy atom. The Morgan fingerprint density at radius 3 is 1.04 bits per heavy atom. The average Bonchev–Trinajstić information content (AvgIpc) is 4.30. The van der Waals surface area contributed by atoms with Crippen LogP contribution in [0.5, 0.6) is 0 Å². The van der Waals surface area contributed by atoms with Crippen molar-refractivity contribution in [3.05, 3.63) is 127 Å². The molecule has 0 saturated heterocycles. The molecule has 0 aliphatic rings. The number of aromatic nitrogens is 21. The molecule has 0 N–H and O–H groups in total. The Kier molecular flexibility index (Phi) is 18.7. The Balaban J connectivity index is 0.000000164. The van der Waals surface area contributed by atoms with Crippen LogP contribution in [0.2, 0.25) is 0 Å². The fourth-order valence-corrected chi connectivity index (χ4v) is 6.92. The predicted molar refractivity (Wildman–Crippen MR) is 262 cm³/mol. The monoisotopic (exact) mass is 1090 g/mol. The van der Waals surface area contributed by atoms with Gasteiger partial charge in [0.05, 0.1) is 85.9 Å². The zero-order chi connectivity index (χ0) is 50.8. The molecule has 0 fully saturated rings. The molecule has 9 aromatic heterocycles. The van der Waals surface area contributed by atoms with Gasteiger partial charge in [-0.05, 0) is 72.8 Å². The van der Waals surface area contributed by atoms with E-state index in [1.165, 1.54) is 20.8 Å². The molecule has 0 aliphatic heterocycles. The van der Waals surface area contributed by atoms with Crippen LogP contribution in [0.3, 0.4) is 0 Å². The van der Waals surface area contributed by atoms with Crippen LogP contribution in [0.1, 0.15) is 20.8 Å². The van der Waals surface area contributed by atoms with Crippen molar-refractivity contribution < 1.29 is 35.6 Å². The molecule has 0 radical (unpaired) electrons. The van der Waals surface area contributed by atoms with Crippen LogP contribution in [0, 0.1) is 69.6 Å². The van der Waals surface area contributed by atoms with E-state index in [4.69, 9.17) is 15.8 Å². The van der Waals surface area contributed by atoms with Crippen LogP contribution in [-0.4, -0.2) is 90.1 Å². The minimum absolute atomic E-state index is 0. The Hall–Kier alpha value is -9.61. The number of benzene rings is 3. The summed E-state index contributed by atoms with van der Waals surface area (Å²) in [7, 11) is 5.92. The van der Waals surface area contributed by atoms with Gasteiger partial charge in [0.1, 0.15) is 17.1 Å². The van der Waals surface area contributed by atoms with Gasteiger partial charge in [0.2, 0.25) is 0 Å². The number of tetrazole rings is 3. The van der Waals surface area contributed by atoms with Gasteiger partial charge in [-0.15, -0.1) is 0 Å². The summed E-state index contributed by atoms with van der Waals surface area (Å²) in [6.07, 6.45) is 0. The molecule has 0 unspecified atom stereocenters. The zero-order valence-electron chi connectivity index (χ0n) is 39.9. The van der Waals surface area contributed by atoms with E-state index in [1.807, 2.05) is 162 Å². The van der Waals surface area contributed by atoms with Crippen molar-refractivity contribution in [2.75, 3.05) is 0 Å². The van der Waals surface area contributed by atoms with Crippen LogP contribution in [0.15, 0.2) is 127 Å². The number of nitriles is 3. The molecule has 73 heavy (non-hydrogen) atoms. The molecule has 9 heterocycles. The van der Waals surface area contributed by atoms with E-state index < -0.39 is 0 Å². The van der Waals surface area contributed by atoms with Crippen molar-refractivity contribution in [3.63, 3.8) is 0 Å². The normalized spacial score (nSPS) is 9.90. The molecule has 3 aromatic carbocycles. The van der Waals surface area contributed by atoms with Crippen LogP contribution >= 0.6 is 0 Å². The van der Waals surface area contributed by atoms with E-state index in [9.17, 15) is 0 Å². The van der Waals surface area contributed by atoms with Crippen LogP contribution < -0.4 is 15.4 Å². The number of nitrogens with zero attached hydrogens (tertiary/aromatic N) is 24. The third kappa shape index (κ3) is 12.6. The topological polar surface area (TPSA) is 322 Å². The number of fused-ring (bicyclic) bond motifs is 3. The number of hydrogen-bond acceptors (Lipinski definition) is 18. The fraction of sp³-hybridized carbons (Fsp3) is 0.125. The molecule has 0 bridgehead atoms. The first-order valence-electron chi connectivity index (χ1n) is 21.4. The number of pyridine rings is 3. The van der Waals surface area contributed by atoms with Gasteiger partial charge >= 0.3 is 35.6 Å². The van der Waals surface area contributed by atoms with Gasteiger partial charge in [0.25, 0.3) is 0 Å². The number of imidazole rings is 3. The maximum absolute atomic E-state index is 7.32. The molecule has 0 saturated carbocycles. The van der Waals surface area contributed by atoms with Gasteiger partial charge in [-0.3, -0.25) is 31.1 Å². The molecular weight excluding hydrogens is 1050 g/mol. The minimum Gasteiger partial charge on any atom is -0.329 e. The molecule has 0 spiro atoms. The summed E-state index contributed by atoms with van der Waals surface area (Å²) >= 11 is 0. The molecule has 0 atom stereocenters. The van der Waals surface area contributed by atoms with Crippen molar-refractivity contribution >= 4 is 33.1 Å². The third-order valence-corrected chi connectivity index (χ3v) is 9.94. The molecular formula is C48H39LaN24. The smallest absolute Gasteiger partial charge is 0.329 e. The Labute approximate surface area is 443 Å². The maximum atomic E-state index is 7.32. The standard InChI is InChI=1S/3C14H10N7.3C2H3N.La/c3*1-21-12-8-3-2-5-9(12)16-14(21)11-7-4-6-10(15-11)13-17-19-20-18-13;3*1-2-3;/h3*2-8H,1H3;3*1H3;/q3*-1;;;;+3. The Morgan fingerprint density at radius 1 is 0.397 bits per heavy atom. The van der Waals surface area contributed by atoms with E-state index in [0.29, 0.717) is 34.6 Å². The predicted octanol–water partition coefficient (Wildman–Crippen LogP) is 5.92. The minimum atomic E-state index is 0. The van der Waals surface area contributed by atoms with Gasteiger partial charge in [-0.25, -0.2) is 35.0 Å². The first-order valence-corrected chi connectivity index (χ1v) is 21.4. The van der Waals surface area contributed by atoms with Gasteiger partial charge in [-0.2, -0.15) is 26.2 Å². The second kappa shape index (κ2) is 25.8. The zero-order valence-corrected chi connectivity index (χ0v) is 43.6. The third-order valence-electron chi connectivity index (χ3n) is 9.94. The second-order valence-electron chi connectivity index (χ2n) is 14.5. The summed E-state index contributed by atoms with van der Waals surface area (Å²) in [4.78, 5) is 27.6. The van der Waals surface area contributed by atoms with E-state index in [1.54, 1.807) is 18.2 Å². The summed E-state index contributed by atoms with van der Waals surface area (Å²) in [6.45, 7) is 4.29. The number of aryl methyl sites for hydroxylation is 3. The molecule has 354 valence electrons. The summed E-state index contributed by atoms with van der Waals surface area (Å²) in [6, 6.07) is 46.1. The van der Waals surface area contributed by atoms with E-state index >= 15 is 0 Å². The fourth-order valence-electron chi connectivity index (χ4n) is 6.92. The van der Waals surface area contributed by atoms with Crippen molar-refractivity contribution in [1.29, 1.82) is 15.8 Å². The summed E-state index contributed by atoms with van der Waals surface area (Å²) < 4.78 is 6.05.